The van der Waals surface area contributed by atoms with Crippen LogP contribution in [0.25, 0.3) is 22.5 Å². The second-order valence-electron chi connectivity index (χ2n) is 3.83. The quantitative estimate of drug-likeness (QED) is 0.631. The summed E-state index contributed by atoms with van der Waals surface area (Å²) in [5.74, 6) is 1.77. The Bertz CT molecular complexity index is 621. The van der Waals surface area contributed by atoms with Crippen LogP contribution in [-0.2, 0) is 0 Å². The van der Waals surface area contributed by atoms with Gasteiger partial charge in [0.2, 0.25) is 5.89 Å². The van der Waals surface area contributed by atoms with E-state index >= 15 is 0 Å². The van der Waals surface area contributed by atoms with Gasteiger partial charge in [-0.1, -0.05) is 18.2 Å². The molecule has 2 heterocycles. The first-order valence-electron chi connectivity index (χ1n) is 5.33. The molecule has 0 N–H and O–H groups in total. The lowest BCUT2D eigenvalue weighted by molar-refractivity contribution is 0.490. The Morgan fingerprint density at radius 1 is 1.18 bits per heavy atom. The maximum Gasteiger partial charge on any atom is 0.212 e. The molecule has 1 atom stereocenters. The molecule has 0 aliphatic heterocycles. The van der Waals surface area contributed by atoms with Gasteiger partial charge in [-0.05, 0) is 19.1 Å². The number of furan rings is 1. The molecule has 4 heteroatoms. The summed E-state index contributed by atoms with van der Waals surface area (Å²) >= 11 is 5.90. The van der Waals surface area contributed by atoms with Crippen LogP contribution in [0.5, 0.6) is 0 Å². The van der Waals surface area contributed by atoms with Crippen LogP contribution in [0.2, 0.25) is 0 Å². The van der Waals surface area contributed by atoms with Gasteiger partial charge >= 0.3 is 0 Å². The molecule has 0 radical (unpaired) electrons. The fourth-order valence-electron chi connectivity index (χ4n) is 1.69. The Hall–Kier alpha value is -1.74. The number of nitrogens with zero attached hydrogens (tertiary/aromatic N) is 1. The van der Waals surface area contributed by atoms with Crippen LogP contribution in [-0.4, -0.2) is 4.98 Å². The highest BCUT2D eigenvalue weighted by atomic mass is 35.5. The molecule has 17 heavy (non-hydrogen) atoms. The minimum Gasteiger partial charge on any atom is -0.453 e. The zero-order valence-electron chi connectivity index (χ0n) is 9.18. The van der Waals surface area contributed by atoms with Gasteiger partial charge in [-0.3, -0.25) is 0 Å². The number of rotatable bonds is 2. The summed E-state index contributed by atoms with van der Waals surface area (Å²) in [4.78, 5) is 4.10. The van der Waals surface area contributed by atoms with E-state index in [4.69, 9.17) is 20.4 Å². The Kier molecular flexibility index (Phi) is 2.41. The number of para-hydroxylation sites is 1. The van der Waals surface area contributed by atoms with Crippen molar-refractivity contribution in [2.75, 3.05) is 0 Å². The molecular formula is C13H10ClNO2. The van der Waals surface area contributed by atoms with Crippen LogP contribution in [0.4, 0.5) is 0 Å². The molecule has 3 aromatic rings. The molecule has 1 unspecified atom stereocenters. The second kappa shape index (κ2) is 3.93. The van der Waals surface area contributed by atoms with Crippen molar-refractivity contribution in [3.05, 3.63) is 42.4 Å². The molecule has 2 aromatic heterocycles. The Labute approximate surface area is 103 Å². The van der Waals surface area contributed by atoms with E-state index in [1.807, 2.05) is 37.3 Å². The Balaban J connectivity index is 2.07. The molecule has 1 aromatic carbocycles. The summed E-state index contributed by atoms with van der Waals surface area (Å²) in [6, 6.07) is 9.74. The Morgan fingerprint density at radius 2 is 2.00 bits per heavy atom. The summed E-state index contributed by atoms with van der Waals surface area (Å²) < 4.78 is 11.2. The first-order valence-corrected chi connectivity index (χ1v) is 5.76. The third-order valence-corrected chi connectivity index (χ3v) is 2.72. The topological polar surface area (TPSA) is 39.2 Å². The van der Waals surface area contributed by atoms with E-state index < -0.39 is 0 Å². The van der Waals surface area contributed by atoms with Gasteiger partial charge in [0, 0.05) is 5.39 Å². The molecular weight excluding hydrogens is 238 g/mol. The van der Waals surface area contributed by atoms with Crippen molar-refractivity contribution in [1.82, 2.24) is 4.98 Å². The summed E-state index contributed by atoms with van der Waals surface area (Å²) in [6.07, 6.45) is 1.63. The summed E-state index contributed by atoms with van der Waals surface area (Å²) in [5.41, 5.74) is 0.833. The molecule has 0 aliphatic rings. The largest absolute Gasteiger partial charge is 0.453 e. The number of benzene rings is 1. The molecule has 0 amide bonds. The van der Waals surface area contributed by atoms with Crippen LogP contribution in [0, 0.1) is 0 Å². The average molecular weight is 248 g/mol. The number of fused-ring (bicyclic) bond motifs is 1. The highest BCUT2D eigenvalue weighted by Crippen LogP contribution is 2.30. The third-order valence-electron chi connectivity index (χ3n) is 2.53. The van der Waals surface area contributed by atoms with E-state index in [0.717, 1.165) is 11.0 Å². The second-order valence-corrected chi connectivity index (χ2v) is 4.48. The van der Waals surface area contributed by atoms with Gasteiger partial charge in [-0.15, -0.1) is 11.6 Å². The molecule has 3 nitrogen and oxygen atoms in total. The van der Waals surface area contributed by atoms with E-state index in [0.29, 0.717) is 17.4 Å². The minimum absolute atomic E-state index is 0.242. The lowest BCUT2D eigenvalue weighted by Crippen LogP contribution is -1.80. The summed E-state index contributed by atoms with van der Waals surface area (Å²) in [7, 11) is 0. The van der Waals surface area contributed by atoms with Crippen LogP contribution in [0.15, 0.2) is 45.4 Å². The van der Waals surface area contributed by atoms with Gasteiger partial charge in [0.05, 0.1) is 6.20 Å². The summed E-state index contributed by atoms with van der Waals surface area (Å²) in [5, 5.41) is 0.799. The van der Waals surface area contributed by atoms with E-state index in [-0.39, 0.29) is 5.38 Å². The molecule has 0 spiro atoms. The first-order chi connectivity index (χ1) is 8.24. The van der Waals surface area contributed by atoms with E-state index in [1.54, 1.807) is 6.20 Å². The van der Waals surface area contributed by atoms with Crippen molar-refractivity contribution < 1.29 is 8.83 Å². The van der Waals surface area contributed by atoms with Crippen LogP contribution in [0.1, 0.15) is 18.2 Å². The van der Waals surface area contributed by atoms with Crippen molar-refractivity contribution in [1.29, 1.82) is 0 Å². The first kappa shape index (κ1) is 10.4. The van der Waals surface area contributed by atoms with E-state index in [9.17, 15) is 0 Å². The average Bonchev–Trinajstić information content (AvgIpc) is 2.95. The number of halogens is 1. The van der Waals surface area contributed by atoms with E-state index in [1.165, 1.54) is 0 Å². The number of alkyl halides is 1. The molecule has 0 saturated heterocycles. The molecule has 0 fully saturated rings. The monoisotopic (exact) mass is 247 g/mol. The lowest BCUT2D eigenvalue weighted by Gasteiger charge is -1.93. The van der Waals surface area contributed by atoms with Crippen molar-refractivity contribution in [2.24, 2.45) is 0 Å². The normalized spacial score (nSPS) is 13.1. The zero-order chi connectivity index (χ0) is 11.8. The van der Waals surface area contributed by atoms with Gasteiger partial charge in [0.25, 0.3) is 0 Å². The third kappa shape index (κ3) is 1.83. The number of hydrogen-bond donors (Lipinski definition) is 0. The molecule has 3 rings (SSSR count). The van der Waals surface area contributed by atoms with Gasteiger partial charge in [-0.2, -0.15) is 0 Å². The van der Waals surface area contributed by atoms with Gasteiger partial charge in [-0.25, -0.2) is 4.98 Å². The van der Waals surface area contributed by atoms with Crippen LogP contribution >= 0.6 is 11.6 Å². The predicted octanol–water partition coefficient (Wildman–Crippen LogP) is 4.39. The molecule has 0 saturated carbocycles. The smallest absolute Gasteiger partial charge is 0.212 e. The standard InChI is InChI=1S/C13H10ClNO2/c1-8(14)13-15-7-12(17-13)11-6-9-4-2-3-5-10(9)16-11/h2-8H,1H3. The van der Waals surface area contributed by atoms with Crippen molar-refractivity contribution in [3.63, 3.8) is 0 Å². The predicted molar refractivity (Wildman–Crippen MR) is 66.0 cm³/mol. The highest BCUT2D eigenvalue weighted by Gasteiger charge is 2.13. The van der Waals surface area contributed by atoms with E-state index in [2.05, 4.69) is 4.98 Å². The number of hydrogen-bond acceptors (Lipinski definition) is 3. The number of aromatic nitrogens is 1. The van der Waals surface area contributed by atoms with Gasteiger partial charge in [0.1, 0.15) is 11.0 Å². The lowest BCUT2D eigenvalue weighted by atomic mass is 10.2. The molecule has 86 valence electrons. The van der Waals surface area contributed by atoms with Gasteiger partial charge in [0.15, 0.2) is 11.5 Å². The summed E-state index contributed by atoms with van der Waals surface area (Å²) in [6.45, 7) is 1.82. The zero-order valence-corrected chi connectivity index (χ0v) is 9.94. The molecule has 0 bridgehead atoms. The Morgan fingerprint density at radius 3 is 2.71 bits per heavy atom. The highest BCUT2D eigenvalue weighted by molar-refractivity contribution is 6.20. The van der Waals surface area contributed by atoms with Crippen LogP contribution < -0.4 is 0 Å². The minimum atomic E-state index is -0.242. The fraction of sp³-hybridized carbons (Fsp3) is 0.154. The molecule has 0 aliphatic carbocycles. The van der Waals surface area contributed by atoms with Crippen molar-refractivity contribution >= 4 is 22.6 Å². The maximum atomic E-state index is 5.90. The van der Waals surface area contributed by atoms with Crippen molar-refractivity contribution in [3.8, 4) is 11.5 Å². The maximum absolute atomic E-state index is 5.90. The number of oxazole rings is 1. The van der Waals surface area contributed by atoms with Crippen molar-refractivity contribution in [2.45, 2.75) is 12.3 Å². The van der Waals surface area contributed by atoms with Crippen LogP contribution in [0.3, 0.4) is 0 Å². The SMILES string of the molecule is CC(Cl)c1ncc(-c2cc3ccccc3o2)o1. The van der Waals surface area contributed by atoms with Gasteiger partial charge < -0.3 is 8.83 Å². The fourth-order valence-corrected chi connectivity index (χ4v) is 1.79.